The topological polar surface area (TPSA) is 80.9 Å². The number of hydrogen-bond donors (Lipinski definition) is 2. The third kappa shape index (κ3) is 1.72. The van der Waals surface area contributed by atoms with E-state index in [1.165, 1.54) is 11.3 Å². The molecule has 1 amide bonds. The van der Waals surface area contributed by atoms with Gasteiger partial charge in [-0.2, -0.15) is 0 Å². The Balaban J connectivity index is 2.10. The van der Waals surface area contributed by atoms with E-state index in [9.17, 15) is 4.79 Å². The van der Waals surface area contributed by atoms with Gasteiger partial charge < -0.3 is 5.73 Å². The lowest BCUT2D eigenvalue weighted by Gasteiger charge is -2.38. The van der Waals surface area contributed by atoms with Crippen LogP contribution in [0.5, 0.6) is 0 Å². The van der Waals surface area contributed by atoms with Crippen molar-refractivity contribution in [2.24, 2.45) is 11.1 Å². The minimum absolute atomic E-state index is 0.155. The zero-order chi connectivity index (χ0) is 10.9. The lowest BCUT2D eigenvalue weighted by molar-refractivity contribution is -0.125. The molecule has 0 aliphatic heterocycles. The van der Waals surface area contributed by atoms with Crippen LogP contribution >= 0.6 is 23.6 Å². The summed E-state index contributed by atoms with van der Waals surface area (Å²) in [6.07, 6.45) is 2.45. The number of carbonyl (C=O) groups excluding carboxylic acids is 1. The highest BCUT2D eigenvalue weighted by molar-refractivity contribution is 7.80. The lowest BCUT2D eigenvalue weighted by atomic mass is 9.68. The summed E-state index contributed by atoms with van der Waals surface area (Å²) in [6, 6.07) is 0. The van der Waals surface area contributed by atoms with Gasteiger partial charge in [0.05, 0.1) is 10.4 Å². The number of carbonyl (C=O) groups is 1. The average molecular weight is 242 g/mol. The molecule has 2 rings (SSSR count). The molecule has 0 bridgehead atoms. The molecule has 0 unspecified atom stereocenters. The maximum atomic E-state index is 11.9. The summed E-state index contributed by atoms with van der Waals surface area (Å²) < 4.78 is 0. The predicted molar refractivity (Wildman–Crippen MR) is 61.6 cm³/mol. The average Bonchev–Trinajstić information content (AvgIpc) is 2.53. The molecule has 7 heteroatoms. The van der Waals surface area contributed by atoms with Crippen LogP contribution < -0.4 is 11.1 Å². The Morgan fingerprint density at radius 3 is 2.80 bits per heavy atom. The van der Waals surface area contributed by atoms with Crippen molar-refractivity contribution in [1.29, 1.82) is 0 Å². The van der Waals surface area contributed by atoms with Crippen LogP contribution in [0.3, 0.4) is 0 Å². The van der Waals surface area contributed by atoms with E-state index in [1.54, 1.807) is 5.51 Å². The van der Waals surface area contributed by atoms with Crippen molar-refractivity contribution in [3.63, 3.8) is 0 Å². The fraction of sp³-hybridized carbons (Fsp3) is 0.500. The quantitative estimate of drug-likeness (QED) is 0.771. The summed E-state index contributed by atoms with van der Waals surface area (Å²) >= 11 is 6.21. The van der Waals surface area contributed by atoms with Crippen molar-refractivity contribution in [2.45, 2.75) is 19.3 Å². The van der Waals surface area contributed by atoms with Gasteiger partial charge in [0, 0.05) is 0 Å². The van der Waals surface area contributed by atoms with Gasteiger partial charge in [-0.05, 0) is 12.8 Å². The summed E-state index contributed by atoms with van der Waals surface area (Å²) in [4.78, 5) is 12.2. The molecule has 0 aromatic carbocycles. The fourth-order valence-electron chi connectivity index (χ4n) is 1.56. The maximum Gasteiger partial charge on any atom is 0.239 e. The van der Waals surface area contributed by atoms with Gasteiger partial charge in [0.2, 0.25) is 11.0 Å². The monoisotopic (exact) mass is 242 g/mol. The molecular formula is C8H10N4OS2. The standard InChI is InChI=1S/C8H10N4OS2/c9-5(14)8(2-1-3-8)6(13)11-7-12-10-4-15-7/h4H,1-3H2,(H2,9,14)(H,11,12,13). The van der Waals surface area contributed by atoms with Crippen LogP contribution in [0.1, 0.15) is 19.3 Å². The normalized spacial score (nSPS) is 17.9. The minimum Gasteiger partial charge on any atom is -0.392 e. The van der Waals surface area contributed by atoms with Gasteiger partial charge >= 0.3 is 0 Å². The number of anilines is 1. The molecule has 80 valence electrons. The van der Waals surface area contributed by atoms with Gasteiger partial charge in [-0.15, -0.1) is 10.2 Å². The first-order valence-electron chi connectivity index (χ1n) is 4.53. The number of thiocarbonyl (C=S) groups is 1. The lowest BCUT2D eigenvalue weighted by Crippen LogP contribution is -2.50. The summed E-state index contributed by atoms with van der Waals surface area (Å²) in [7, 11) is 0. The molecule has 1 saturated carbocycles. The Kier molecular flexibility index (Phi) is 2.66. The van der Waals surface area contributed by atoms with Crippen molar-refractivity contribution in [3.8, 4) is 0 Å². The molecule has 0 saturated heterocycles. The molecule has 1 aromatic rings. The molecule has 15 heavy (non-hydrogen) atoms. The van der Waals surface area contributed by atoms with E-state index in [2.05, 4.69) is 15.5 Å². The molecule has 1 fully saturated rings. The number of aromatic nitrogens is 2. The summed E-state index contributed by atoms with van der Waals surface area (Å²) in [5.41, 5.74) is 6.51. The minimum atomic E-state index is -0.652. The van der Waals surface area contributed by atoms with E-state index in [0.29, 0.717) is 5.13 Å². The maximum absolute atomic E-state index is 11.9. The SMILES string of the molecule is NC(=S)C1(C(=O)Nc2nncs2)CCC1. The third-order valence-electron chi connectivity index (χ3n) is 2.69. The van der Waals surface area contributed by atoms with Crippen molar-refractivity contribution in [2.75, 3.05) is 5.32 Å². The summed E-state index contributed by atoms with van der Waals surface area (Å²) in [5, 5.41) is 10.5. The smallest absolute Gasteiger partial charge is 0.239 e. The van der Waals surface area contributed by atoms with Crippen LogP contribution in [0.25, 0.3) is 0 Å². The van der Waals surface area contributed by atoms with E-state index >= 15 is 0 Å². The Labute approximate surface area is 96.1 Å². The van der Waals surface area contributed by atoms with Gasteiger partial charge in [0.15, 0.2) is 0 Å². The molecule has 0 radical (unpaired) electrons. The number of nitrogens with two attached hydrogens (primary N) is 1. The largest absolute Gasteiger partial charge is 0.392 e. The van der Waals surface area contributed by atoms with Crippen molar-refractivity contribution >= 4 is 39.6 Å². The zero-order valence-electron chi connectivity index (χ0n) is 7.90. The van der Waals surface area contributed by atoms with Crippen LogP contribution in [0.15, 0.2) is 5.51 Å². The molecule has 1 aliphatic rings. The van der Waals surface area contributed by atoms with Gasteiger partial charge in [0.25, 0.3) is 0 Å². The van der Waals surface area contributed by atoms with Gasteiger partial charge in [0.1, 0.15) is 5.51 Å². The second-order valence-electron chi connectivity index (χ2n) is 3.50. The van der Waals surface area contributed by atoms with Crippen LogP contribution in [-0.2, 0) is 4.79 Å². The van der Waals surface area contributed by atoms with Crippen LogP contribution in [0, 0.1) is 5.41 Å². The number of nitrogens with zero attached hydrogens (tertiary/aromatic N) is 2. The molecule has 5 nitrogen and oxygen atoms in total. The Hall–Kier alpha value is -1.08. The summed E-state index contributed by atoms with van der Waals surface area (Å²) in [5.74, 6) is -0.155. The van der Waals surface area contributed by atoms with Crippen molar-refractivity contribution in [3.05, 3.63) is 5.51 Å². The molecule has 0 spiro atoms. The van der Waals surface area contributed by atoms with Gasteiger partial charge in [-0.25, -0.2) is 0 Å². The molecular weight excluding hydrogens is 232 g/mol. The molecule has 1 aromatic heterocycles. The highest BCUT2D eigenvalue weighted by atomic mass is 32.1. The van der Waals surface area contributed by atoms with Crippen LogP contribution in [0.2, 0.25) is 0 Å². The Morgan fingerprint density at radius 2 is 2.40 bits per heavy atom. The van der Waals surface area contributed by atoms with Crippen LogP contribution in [-0.4, -0.2) is 21.1 Å². The van der Waals surface area contributed by atoms with Gasteiger partial charge in [-0.3, -0.25) is 10.1 Å². The number of nitrogens with one attached hydrogen (secondary N) is 1. The van der Waals surface area contributed by atoms with E-state index in [1.807, 2.05) is 0 Å². The second kappa shape index (κ2) is 3.82. The fourth-order valence-corrected chi connectivity index (χ4v) is 2.30. The highest BCUT2D eigenvalue weighted by Crippen LogP contribution is 2.42. The molecule has 1 aliphatic carbocycles. The highest BCUT2D eigenvalue weighted by Gasteiger charge is 2.47. The first-order chi connectivity index (χ1) is 7.15. The number of hydrogen-bond acceptors (Lipinski definition) is 5. The van der Waals surface area contributed by atoms with E-state index in [0.717, 1.165) is 19.3 Å². The Bertz CT molecular complexity index is 385. The van der Waals surface area contributed by atoms with E-state index < -0.39 is 5.41 Å². The zero-order valence-corrected chi connectivity index (χ0v) is 9.53. The number of amides is 1. The van der Waals surface area contributed by atoms with Crippen molar-refractivity contribution in [1.82, 2.24) is 10.2 Å². The molecule has 0 atom stereocenters. The van der Waals surface area contributed by atoms with Crippen LogP contribution in [0.4, 0.5) is 5.13 Å². The molecule has 1 heterocycles. The first kappa shape index (κ1) is 10.4. The van der Waals surface area contributed by atoms with E-state index in [4.69, 9.17) is 18.0 Å². The second-order valence-corrected chi connectivity index (χ2v) is 4.77. The predicted octanol–water partition coefficient (Wildman–Crippen LogP) is 0.933. The van der Waals surface area contributed by atoms with E-state index in [-0.39, 0.29) is 10.9 Å². The van der Waals surface area contributed by atoms with Gasteiger partial charge in [-0.1, -0.05) is 30.0 Å². The first-order valence-corrected chi connectivity index (χ1v) is 5.81. The summed E-state index contributed by atoms with van der Waals surface area (Å²) in [6.45, 7) is 0. The Morgan fingerprint density at radius 1 is 1.67 bits per heavy atom. The van der Waals surface area contributed by atoms with Crippen molar-refractivity contribution < 1.29 is 4.79 Å². The third-order valence-corrected chi connectivity index (χ3v) is 3.69. The number of rotatable bonds is 3. The molecule has 3 N–H and O–H groups in total.